The summed E-state index contributed by atoms with van der Waals surface area (Å²) in [6.07, 6.45) is 1.33. The molecule has 0 spiro atoms. The zero-order valence-electron chi connectivity index (χ0n) is 22.6. The number of carbonyl (C=O) groups is 4. The Morgan fingerprint density at radius 3 is 2.63 bits per heavy atom. The van der Waals surface area contributed by atoms with Crippen molar-refractivity contribution in [3.8, 4) is 11.5 Å². The second-order valence-electron chi connectivity index (χ2n) is 9.94. The second kappa shape index (κ2) is 12.4. The van der Waals surface area contributed by atoms with Crippen LogP contribution in [0.3, 0.4) is 0 Å². The van der Waals surface area contributed by atoms with Gasteiger partial charge >= 0.3 is 5.97 Å². The van der Waals surface area contributed by atoms with Crippen LogP contribution >= 0.6 is 11.3 Å². The van der Waals surface area contributed by atoms with E-state index in [1.54, 1.807) is 47.4 Å². The van der Waals surface area contributed by atoms with E-state index in [-0.39, 0.29) is 25.7 Å². The monoisotopic (exact) mass is 577 g/mol. The van der Waals surface area contributed by atoms with Gasteiger partial charge in [0, 0.05) is 4.88 Å². The van der Waals surface area contributed by atoms with E-state index in [0.29, 0.717) is 47.7 Å². The lowest BCUT2D eigenvalue weighted by atomic mass is 10.0. The number of amides is 3. The normalized spacial score (nSPS) is 15.7. The van der Waals surface area contributed by atoms with Gasteiger partial charge in [-0.1, -0.05) is 44.0 Å². The van der Waals surface area contributed by atoms with Crippen LogP contribution < -0.4 is 19.7 Å². The topological polar surface area (TPSA) is 125 Å². The minimum absolute atomic E-state index is 0.0594. The Morgan fingerprint density at radius 2 is 1.88 bits per heavy atom. The van der Waals surface area contributed by atoms with Crippen LogP contribution in [-0.4, -0.2) is 53.1 Å². The molecule has 3 amide bonds. The standard InChI is InChI=1S/C30H31N3O7S/c1-2-3-9-24(29(37)31-22(15-28(35)36)19-11-12-25-26(14-19)40-18-39-25)33-17-27(34)32(16-20-7-6-13-41-20)23-10-5-4-8-21(23)30(33)38/h4-8,10-14,22,24H,2-3,9,15-18H2,1H3,(H,31,37)(H,35,36)/t22-,24-/m0/s1. The van der Waals surface area contributed by atoms with Crippen molar-refractivity contribution in [2.45, 2.75) is 51.2 Å². The molecule has 214 valence electrons. The predicted molar refractivity (Wildman–Crippen MR) is 152 cm³/mol. The molecular weight excluding hydrogens is 546 g/mol. The number of carboxylic acid groups (broad SMARTS) is 1. The molecule has 0 fully saturated rings. The average molecular weight is 578 g/mol. The van der Waals surface area contributed by atoms with Crippen molar-refractivity contribution in [1.82, 2.24) is 10.2 Å². The largest absolute Gasteiger partial charge is 0.481 e. The summed E-state index contributed by atoms with van der Waals surface area (Å²) < 4.78 is 10.8. The molecule has 0 radical (unpaired) electrons. The van der Waals surface area contributed by atoms with Crippen LogP contribution in [0.5, 0.6) is 11.5 Å². The smallest absolute Gasteiger partial charge is 0.305 e. The van der Waals surface area contributed by atoms with Crippen LogP contribution in [0.1, 0.15) is 59.4 Å². The van der Waals surface area contributed by atoms with E-state index >= 15 is 0 Å². The summed E-state index contributed by atoms with van der Waals surface area (Å²) in [6.45, 7) is 2.06. The number of ether oxygens (including phenoxy) is 2. The Kier molecular flexibility index (Phi) is 8.53. The molecule has 5 rings (SSSR count). The fourth-order valence-corrected chi connectivity index (χ4v) is 5.81. The van der Waals surface area contributed by atoms with Gasteiger partial charge in [0.1, 0.15) is 12.6 Å². The fourth-order valence-electron chi connectivity index (χ4n) is 5.12. The number of carboxylic acids is 1. The lowest BCUT2D eigenvalue weighted by Gasteiger charge is -2.31. The Bertz CT molecular complexity index is 1440. The molecule has 2 aromatic carbocycles. The zero-order chi connectivity index (χ0) is 28.9. The van der Waals surface area contributed by atoms with Crippen molar-refractivity contribution in [3.05, 3.63) is 76.0 Å². The lowest BCUT2D eigenvalue weighted by molar-refractivity contribution is -0.138. The highest BCUT2D eigenvalue weighted by molar-refractivity contribution is 7.09. The number of nitrogens with one attached hydrogen (secondary N) is 1. The number of aliphatic carboxylic acids is 1. The number of para-hydroxylation sites is 1. The summed E-state index contributed by atoms with van der Waals surface area (Å²) in [7, 11) is 0. The first-order valence-corrected chi connectivity index (χ1v) is 14.4. The number of nitrogens with zero attached hydrogens (tertiary/aromatic N) is 2. The van der Waals surface area contributed by atoms with Crippen LogP contribution in [-0.2, 0) is 20.9 Å². The molecule has 3 aromatic rings. The first-order chi connectivity index (χ1) is 19.9. The van der Waals surface area contributed by atoms with Crippen LogP contribution in [0.4, 0.5) is 5.69 Å². The minimum atomic E-state index is -1.10. The van der Waals surface area contributed by atoms with Crippen LogP contribution in [0.25, 0.3) is 0 Å². The summed E-state index contributed by atoms with van der Waals surface area (Å²) in [6, 6.07) is 13.9. The Balaban J connectivity index is 1.45. The number of unbranched alkanes of at least 4 members (excludes halogenated alkanes) is 1. The number of anilines is 1. The third kappa shape index (κ3) is 6.19. The minimum Gasteiger partial charge on any atom is -0.481 e. The van der Waals surface area contributed by atoms with Gasteiger partial charge in [-0.25, -0.2) is 0 Å². The fraction of sp³-hybridized carbons (Fsp3) is 0.333. The van der Waals surface area contributed by atoms with Gasteiger partial charge in [0.2, 0.25) is 18.6 Å². The first kappa shape index (κ1) is 28.2. The molecule has 3 heterocycles. The molecule has 0 saturated heterocycles. The van der Waals surface area contributed by atoms with Crippen molar-refractivity contribution in [2.75, 3.05) is 18.2 Å². The Labute approximate surface area is 241 Å². The van der Waals surface area contributed by atoms with E-state index < -0.39 is 29.9 Å². The van der Waals surface area contributed by atoms with Crippen molar-refractivity contribution in [1.29, 1.82) is 0 Å². The molecule has 2 N–H and O–H groups in total. The molecule has 2 atom stereocenters. The van der Waals surface area contributed by atoms with E-state index in [0.717, 1.165) is 11.3 Å². The number of benzene rings is 2. The number of carbonyl (C=O) groups excluding carboxylic acids is 3. The maximum absolute atomic E-state index is 13.9. The molecule has 0 aliphatic carbocycles. The third-order valence-corrected chi connectivity index (χ3v) is 8.05. The Hall–Kier alpha value is -4.38. The highest BCUT2D eigenvalue weighted by Crippen LogP contribution is 2.35. The van der Waals surface area contributed by atoms with E-state index in [4.69, 9.17) is 9.47 Å². The summed E-state index contributed by atoms with van der Waals surface area (Å²) in [5.41, 5.74) is 1.37. The number of rotatable bonds is 11. The van der Waals surface area contributed by atoms with E-state index in [9.17, 15) is 24.3 Å². The van der Waals surface area contributed by atoms with E-state index in [1.165, 1.54) is 16.2 Å². The highest BCUT2D eigenvalue weighted by Gasteiger charge is 2.38. The number of hydrogen-bond donors (Lipinski definition) is 2. The molecular formula is C30H31N3O7S. The number of thiophene rings is 1. The summed E-state index contributed by atoms with van der Waals surface area (Å²) in [5.74, 6) is -1.34. The van der Waals surface area contributed by atoms with Gasteiger partial charge in [-0.2, -0.15) is 0 Å². The maximum Gasteiger partial charge on any atom is 0.305 e. The van der Waals surface area contributed by atoms with E-state index in [2.05, 4.69) is 5.32 Å². The molecule has 41 heavy (non-hydrogen) atoms. The summed E-state index contributed by atoms with van der Waals surface area (Å²) in [4.78, 5) is 57.1. The number of hydrogen-bond acceptors (Lipinski definition) is 7. The first-order valence-electron chi connectivity index (χ1n) is 13.5. The third-order valence-electron chi connectivity index (χ3n) is 7.19. The molecule has 0 saturated carbocycles. The Morgan fingerprint density at radius 1 is 1.07 bits per heavy atom. The van der Waals surface area contributed by atoms with Gasteiger partial charge in [-0.3, -0.25) is 19.2 Å². The van der Waals surface area contributed by atoms with Crippen molar-refractivity contribution < 1.29 is 33.8 Å². The van der Waals surface area contributed by atoms with Crippen LogP contribution in [0.2, 0.25) is 0 Å². The molecule has 1 aromatic heterocycles. The summed E-state index contributed by atoms with van der Waals surface area (Å²) >= 11 is 1.52. The van der Waals surface area contributed by atoms with Crippen molar-refractivity contribution in [2.24, 2.45) is 0 Å². The zero-order valence-corrected chi connectivity index (χ0v) is 23.4. The maximum atomic E-state index is 13.9. The molecule has 2 aliphatic rings. The lowest BCUT2D eigenvalue weighted by Crippen LogP contribution is -2.52. The van der Waals surface area contributed by atoms with Gasteiger partial charge in [0.15, 0.2) is 11.5 Å². The molecule has 11 heteroatoms. The number of fused-ring (bicyclic) bond motifs is 2. The molecule has 0 unspecified atom stereocenters. The van der Waals surface area contributed by atoms with Gasteiger partial charge in [-0.15, -0.1) is 11.3 Å². The highest BCUT2D eigenvalue weighted by atomic mass is 32.1. The van der Waals surface area contributed by atoms with Gasteiger partial charge in [0.25, 0.3) is 5.91 Å². The van der Waals surface area contributed by atoms with E-state index in [1.807, 2.05) is 24.4 Å². The molecule has 0 bridgehead atoms. The van der Waals surface area contributed by atoms with Crippen molar-refractivity contribution in [3.63, 3.8) is 0 Å². The van der Waals surface area contributed by atoms with Gasteiger partial charge in [0.05, 0.1) is 30.3 Å². The van der Waals surface area contributed by atoms with Gasteiger partial charge in [-0.05, 0) is 47.7 Å². The average Bonchev–Trinajstić information content (AvgIpc) is 3.64. The van der Waals surface area contributed by atoms with Crippen LogP contribution in [0, 0.1) is 0 Å². The molecule has 2 aliphatic heterocycles. The predicted octanol–water partition coefficient (Wildman–Crippen LogP) is 4.36. The van der Waals surface area contributed by atoms with Crippen LogP contribution in [0.15, 0.2) is 60.0 Å². The van der Waals surface area contributed by atoms with Gasteiger partial charge < -0.3 is 29.7 Å². The SMILES string of the molecule is CCCC[C@@H](C(=O)N[C@@H](CC(=O)O)c1ccc2c(c1)OCO2)N1CC(=O)N(Cc2cccs2)c2ccccc2C1=O. The summed E-state index contributed by atoms with van der Waals surface area (Å²) in [5, 5.41) is 14.4. The van der Waals surface area contributed by atoms with Crippen molar-refractivity contribution >= 4 is 40.7 Å². The quantitative estimate of drug-likeness (QED) is 0.347. The molecule has 10 nitrogen and oxygen atoms in total. The second-order valence-corrected chi connectivity index (χ2v) is 11.0.